The van der Waals surface area contributed by atoms with Gasteiger partial charge < -0.3 is 0 Å². The molecule has 22 heavy (non-hydrogen) atoms. The van der Waals surface area contributed by atoms with Crippen LogP contribution in [0.3, 0.4) is 0 Å². The van der Waals surface area contributed by atoms with Gasteiger partial charge in [0.1, 0.15) is 0 Å². The summed E-state index contributed by atoms with van der Waals surface area (Å²) < 4.78 is 0. The molecule has 0 unspecified atom stereocenters. The number of rotatable bonds is 2. The first-order chi connectivity index (χ1) is 10.6. The maximum atomic E-state index is 12.6. The minimum Gasteiger partial charge on any atom is -0.289 e. The maximum absolute atomic E-state index is 12.6. The molecule has 0 amide bonds. The van der Waals surface area contributed by atoms with Gasteiger partial charge >= 0.3 is 0 Å². The van der Waals surface area contributed by atoms with Crippen molar-refractivity contribution in [2.45, 2.75) is 78.1 Å². The summed E-state index contributed by atoms with van der Waals surface area (Å²) in [7, 11) is 0. The standard InChI is InChI=1S/C21H32O/c1-15-3-7-17(8-4-15)13-19-11-12-20(21(19)22)14-18-9-5-16(2)6-10-18/h13-18H,3-12H2,1-2H3/b19-13+,20-14+. The van der Waals surface area contributed by atoms with Crippen LogP contribution in [0.1, 0.15) is 78.1 Å². The number of hydrogen-bond donors (Lipinski definition) is 0. The molecule has 3 aliphatic rings. The van der Waals surface area contributed by atoms with Gasteiger partial charge in [0.15, 0.2) is 5.78 Å². The molecule has 0 aromatic heterocycles. The van der Waals surface area contributed by atoms with Crippen LogP contribution in [0.15, 0.2) is 23.3 Å². The summed E-state index contributed by atoms with van der Waals surface area (Å²) in [4.78, 5) is 12.6. The van der Waals surface area contributed by atoms with E-state index in [1.54, 1.807) is 0 Å². The normalized spacial score (nSPS) is 40.5. The van der Waals surface area contributed by atoms with Crippen LogP contribution in [0.25, 0.3) is 0 Å². The van der Waals surface area contributed by atoms with Gasteiger partial charge in [-0.15, -0.1) is 0 Å². The molecule has 3 rings (SSSR count). The van der Waals surface area contributed by atoms with Crippen molar-refractivity contribution in [3.8, 4) is 0 Å². The molecule has 3 fully saturated rings. The van der Waals surface area contributed by atoms with Crippen molar-refractivity contribution in [2.75, 3.05) is 0 Å². The number of carbonyl (C=O) groups excluding carboxylic acids is 1. The highest BCUT2D eigenvalue weighted by Crippen LogP contribution is 2.36. The van der Waals surface area contributed by atoms with Crippen LogP contribution < -0.4 is 0 Å². The second-order valence-corrected chi connectivity index (χ2v) is 8.25. The molecular formula is C21H32O. The molecule has 0 radical (unpaired) electrons. The fraction of sp³-hybridized carbons (Fsp3) is 0.762. The van der Waals surface area contributed by atoms with Gasteiger partial charge in [0.05, 0.1) is 0 Å². The smallest absolute Gasteiger partial charge is 0.184 e. The Labute approximate surface area is 136 Å². The molecule has 0 spiro atoms. The van der Waals surface area contributed by atoms with Crippen molar-refractivity contribution in [2.24, 2.45) is 23.7 Å². The van der Waals surface area contributed by atoms with Gasteiger partial charge in [0, 0.05) is 0 Å². The van der Waals surface area contributed by atoms with Gasteiger partial charge in [-0.2, -0.15) is 0 Å². The minimum absolute atomic E-state index is 0.386. The maximum Gasteiger partial charge on any atom is 0.184 e. The molecule has 3 saturated carbocycles. The first-order valence-corrected chi connectivity index (χ1v) is 9.58. The first-order valence-electron chi connectivity index (χ1n) is 9.58. The predicted molar refractivity (Wildman–Crippen MR) is 92.7 cm³/mol. The van der Waals surface area contributed by atoms with Crippen LogP contribution in [-0.4, -0.2) is 5.78 Å². The SMILES string of the molecule is CC1CCC(/C=C2\CC/C(=C\C3CCC(C)CC3)C2=O)CC1. The quantitative estimate of drug-likeness (QED) is 0.584. The fourth-order valence-corrected chi connectivity index (χ4v) is 4.49. The molecule has 0 heterocycles. The monoisotopic (exact) mass is 300 g/mol. The minimum atomic E-state index is 0.386. The van der Waals surface area contributed by atoms with E-state index in [0.29, 0.717) is 17.6 Å². The van der Waals surface area contributed by atoms with Crippen molar-refractivity contribution in [3.05, 3.63) is 23.3 Å². The highest BCUT2D eigenvalue weighted by molar-refractivity contribution is 6.10. The summed E-state index contributed by atoms with van der Waals surface area (Å²) in [5.74, 6) is 3.50. The van der Waals surface area contributed by atoms with E-state index in [0.717, 1.165) is 35.8 Å². The Balaban J connectivity index is 1.59. The van der Waals surface area contributed by atoms with E-state index in [-0.39, 0.29) is 0 Å². The van der Waals surface area contributed by atoms with Gasteiger partial charge in [0.25, 0.3) is 0 Å². The van der Waals surface area contributed by atoms with Gasteiger partial charge in [-0.1, -0.05) is 51.7 Å². The van der Waals surface area contributed by atoms with E-state index in [2.05, 4.69) is 26.0 Å². The van der Waals surface area contributed by atoms with Gasteiger partial charge in [-0.3, -0.25) is 4.79 Å². The molecule has 0 aromatic rings. The predicted octanol–water partition coefficient (Wildman–Crippen LogP) is 5.85. The third-order valence-corrected chi connectivity index (χ3v) is 6.24. The zero-order chi connectivity index (χ0) is 15.5. The molecule has 0 aliphatic heterocycles. The summed E-state index contributed by atoms with van der Waals surface area (Å²) in [6.45, 7) is 4.71. The summed E-state index contributed by atoms with van der Waals surface area (Å²) in [5, 5.41) is 0. The van der Waals surface area contributed by atoms with E-state index in [9.17, 15) is 4.79 Å². The lowest BCUT2D eigenvalue weighted by atomic mass is 9.81. The molecule has 3 aliphatic carbocycles. The fourth-order valence-electron chi connectivity index (χ4n) is 4.49. The highest BCUT2D eigenvalue weighted by atomic mass is 16.1. The molecule has 122 valence electrons. The average Bonchev–Trinajstić information content (AvgIpc) is 2.85. The summed E-state index contributed by atoms with van der Waals surface area (Å²) in [6.07, 6.45) is 17.2. The molecule has 0 aromatic carbocycles. The average molecular weight is 300 g/mol. The van der Waals surface area contributed by atoms with Gasteiger partial charge in [-0.25, -0.2) is 0 Å². The van der Waals surface area contributed by atoms with Crippen LogP contribution in [0.4, 0.5) is 0 Å². The Kier molecular flexibility index (Phi) is 5.21. The third kappa shape index (κ3) is 3.91. The van der Waals surface area contributed by atoms with Crippen molar-refractivity contribution in [3.63, 3.8) is 0 Å². The number of ketones is 1. The Hall–Kier alpha value is -0.850. The lowest BCUT2D eigenvalue weighted by molar-refractivity contribution is -0.111. The molecule has 0 N–H and O–H groups in total. The van der Waals surface area contributed by atoms with E-state index >= 15 is 0 Å². The third-order valence-electron chi connectivity index (χ3n) is 6.24. The van der Waals surface area contributed by atoms with Crippen LogP contribution in [0.2, 0.25) is 0 Å². The Morgan fingerprint density at radius 3 is 1.41 bits per heavy atom. The summed E-state index contributed by atoms with van der Waals surface area (Å²) in [6, 6.07) is 0. The van der Waals surface area contributed by atoms with Crippen molar-refractivity contribution >= 4 is 5.78 Å². The second kappa shape index (κ2) is 7.15. The molecule has 0 atom stereocenters. The molecule has 0 bridgehead atoms. The summed E-state index contributed by atoms with van der Waals surface area (Å²) in [5.41, 5.74) is 2.27. The topological polar surface area (TPSA) is 17.1 Å². The molecule has 1 heteroatoms. The van der Waals surface area contributed by atoms with E-state index in [4.69, 9.17) is 0 Å². The summed E-state index contributed by atoms with van der Waals surface area (Å²) >= 11 is 0. The van der Waals surface area contributed by atoms with Crippen LogP contribution in [-0.2, 0) is 4.79 Å². The van der Waals surface area contributed by atoms with Crippen LogP contribution in [0, 0.1) is 23.7 Å². The molecule has 0 saturated heterocycles. The lowest BCUT2D eigenvalue weighted by Crippen LogP contribution is -2.12. The Morgan fingerprint density at radius 1 is 0.682 bits per heavy atom. The van der Waals surface area contributed by atoms with Gasteiger partial charge in [0.2, 0.25) is 0 Å². The van der Waals surface area contributed by atoms with Crippen molar-refractivity contribution in [1.82, 2.24) is 0 Å². The van der Waals surface area contributed by atoms with Crippen molar-refractivity contribution < 1.29 is 4.79 Å². The van der Waals surface area contributed by atoms with Crippen molar-refractivity contribution in [1.29, 1.82) is 0 Å². The molecule has 1 nitrogen and oxygen atoms in total. The first kappa shape index (κ1) is 16.0. The highest BCUT2D eigenvalue weighted by Gasteiger charge is 2.27. The number of allylic oxidation sites excluding steroid dienone is 4. The zero-order valence-corrected chi connectivity index (χ0v) is 14.4. The van der Waals surface area contributed by atoms with E-state index in [1.807, 2.05) is 0 Å². The Morgan fingerprint density at radius 2 is 1.05 bits per heavy atom. The zero-order valence-electron chi connectivity index (χ0n) is 14.4. The number of carbonyl (C=O) groups is 1. The second-order valence-electron chi connectivity index (χ2n) is 8.25. The van der Waals surface area contributed by atoms with E-state index < -0.39 is 0 Å². The number of Topliss-reactive ketones (excluding diaryl/α,β-unsaturated/α-hetero) is 1. The lowest BCUT2D eigenvalue weighted by Gasteiger charge is -2.24. The largest absolute Gasteiger partial charge is 0.289 e. The van der Waals surface area contributed by atoms with Gasteiger partial charge in [-0.05, 0) is 73.3 Å². The Bertz CT molecular complexity index is 412. The molecular weight excluding hydrogens is 268 g/mol. The van der Waals surface area contributed by atoms with Crippen LogP contribution >= 0.6 is 0 Å². The number of hydrogen-bond acceptors (Lipinski definition) is 1. The van der Waals surface area contributed by atoms with E-state index in [1.165, 1.54) is 51.4 Å². The van der Waals surface area contributed by atoms with Crippen LogP contribution in [0.5, 0.6) is 0 Å².